The van der Waals surface area contributed by atoms with Gasteiger partial charge in [0.2, 0.25) is 10.0 Å². The van der Waals surface area contributed by atoms with Crippen LogP contribution in [0.25, 0.3) is 0 Å². The number of H-pyrrole nitrogens is 1. The number of rotatable bonds is 6. The Morgan fingerprint density at radius 2 is 1.86 bits per heavy atom. The number of sulfonamides is 2. The van der Waals surface area contributed by atoms with Gasteiger partial charge in [-0.3, -0.25) is 9.82 Å². The van der Waals surface area contributed by atoms with Gasteiger partial charge in [-0.2, -0.15) is 5.10 Å². The van der Waals surface area contributed by atoms with E-state index >= 15 is 0 Å². The number of benzene rings is 1. The minimum Gasteiger partial charge on any atom is -0.284 e. The van der Waals surface area contributed by atoms with Gasteiger partial charge in [0.15, 0.2) is 0 Å². The second-order valence-corrected chi connectivity index (χ2v) is 7.45. The highest BCUT2D eigenvalue weighted by Gasteiger charge is 2.22. The topological polar surface area (TPSA) is 121 Å². The molecule has 1 aromatic carbocycles. The molecule has 3 N–H and O–H groups in total. The lowest BCUT2D eigenvalue weighted by Crippen LogP contribution is -2.25. The van der Waals surface area contributed by atoms with Crippen LogP contribution in [0.5, 0.6) is 0 Å². The summed E-state index contributed by atoms with van der Waals surface area (Å²) in [7, 11) is -7.69. The van der Waals surface area contributed by atoms with Crippen LogP contribution < -0.4 is 9.44 Å². The van der Waals surface area contributed by atoms with Gasteiger partial charge in [0, 0.05) is 12.7 Å². The number of nitrogens with one attached hydrogen (secondary N) is 3. The molecule has 0 saturated heterocycles. The fourth-order valence-corrected chi connectivity index (χ4v) is 3.89. The third-order valence-electron chi connectivity index (χ3n) is 2.54. The van der Waals surface area contributed by atoms with Gasteiger partial charge < -0.3 is 0 Å². The molecule has 10 heteroatoms. The number of aromatic amines is 1. The fourth-order valence-electron chi connectivity index (χ4n) is 1.64. The number of hydrogen-bond acceptors (Lipinski definition) is 5. The maximum absolute atomic E-state index is 12.1. The Bertz CT molecular complexity index is 814. The Morgan fingerprint density at radius 1 is 1.14 bits per heavy atom. The molecule has 0 bridgehead atoms. The first-order valence-electron chi connectivity index (χ1n) is 5.97. The Hall–Kier alpha value is -1.91. The number of hydrogen-bond donors (Lipinski definition) is 3. The molecule has 1 heterocycles. The normalized spacial score (nSPS) is 12.2. The monoisotopic (exact) mass is 330 g/mol. The van der Waals surface area contributed by atoms with Crippen molar-refractivity contribution in [3.63, 3.8) is 0 Å². The molecule has 0 aliphatic carbocycles. The lowest BCUT2D eigenvalue weighted by Gasteiger charge is -2.12. The summed E-state index contributed by atoms with van der Waals surface area (Å²) in [6, 6.07) is 5.76. The van der Waals surface area contributed by atoms with Gasteiger partial charge in [0.1, 0.15) is 9.79 Å². The molecule has 0 saturated carbocycles. The van der Waals surface area contributed by atoms with Gasteiger partial charge in [0.25, 0.3) is 10.0 Å². The van der Waals surface area contributed by atoms with E-state index in [1.54, 1.807) is 6.92 Å². The molecule has 0 aliphatic rings. The maximum atomic E-state index is 12.1. The molecule has 0 radical (unpaired) electrons. The van der Waals surface area contributed by atoms with Gasteiger partial charge in [-0.05, 0) is 12.1 Å². The zero-order valence-electron chi connectivity index (χ0n) is 11.1. The van der Waals surface area contributed by atoms with Crippen molar-refractivity contribution in [2.75, 3.05) is 11.3 Å². The molecule has 8 nitrogen and oxygen atoms in total. The number of anilines is 1. The van der Waals surface area contributed by atoms with Gasteiger partial charge in [0.05, 0.1) is 11.9 Å². The molecular weight excluding hydrogens is 316 g/mol. The van der Waals surface area contributed by atoms with Crippen molar-refractivity contribution >= 4 is 25.7 Å². The largest absolute Gasteiger partial charge is 0.284 e. The summed E-state index contributed by atoms with van der Waals surface area (Å²) < 4.78 is 52.9. The van der Waals surface area contributed by atoms with Crippen molar-refractivity contribution < 1.29 is 16.8 Å². The van der Waals surface area contributed by atoms with Gasteiger partial charge in [-0.25, -0.2) is 21.6 Å². The molecule has 2 aromatic rings. The van der Waals surface area contributed by atoms with E-state index in [4.69, 9.17) is 0 Å². The molecule has 0 fully saturated rings. The first-order valence-corrected chi connectivity index (χ1v) is 8.94. The highest BCUT2D eigenvalue weighted by atomic mass is 32.2. The van der Waals surface area contributed by atoms with Crippen LogP contribution in [-0.2, 0) is 20.0 Å². The lowest BCUT2D eigenvalue weighted by molar-refractivity contribution is 0.584. The quantitative estimate of drug-likeness (QED) is 0.712. The molecule has 0 spiro atoms. The average molecular weight is 330 g/mol. The zero-order valence-corrected chi connectivity index (χ0v) is 12.7. The van der Waals surface area contributed by atoms with Crippen LogP contribution in [0.3, 0.4) is 0 Å². The molecule has 0 unspecified atom stereocenters. The van der Waals surface area contributed by atoms with E-state index in [-0.39, 0.29) is 22.0 Å². The fraction of sp³-hybridized carbons (Fsp3) is 0.182. The van der Waals surface area contributed by atoms with Gasteiger partial charge >= 0.3 is 0 Å². The van der Waals surface area contributed by atoms with Crippen LogP contribution in [0.15, 0.2) is 46.5 Å². The molecular formula is C11H14N4O4S2. The van der Waals surface area contributed by atoms with Crippen molar-refractivity contribution in [2.45, 2.75) is 16.7 Å². The van der Waals surface area contributed by atoms with E-state index in [9.17, 15) is 16.8 Å². The summed E-state index contributed by atoms with van der Waals surface area (Å²) in [5.41, 5.74) is -0.0281. The summed E-state index contributed by atoms with van der Waals surface area (Å²) in [5.74, 6) is 0. The highest BCUT2D eigenvalue weighted by Crippen LogP contribution is 2.23. The van der Waals surface area contributed by atoms with E-state index in [0.717, 1.165) is 6.20 Å². The first-order chi connectivity index (χ1) is 9.87. The van der Waals surface area contributed by atoms with Crippen LogP contribution in [0.1, 0.15) is 6.92 Å². The van der Waals surface area contributed by atoms with E-state index in [2.05, 4.69) is 19.6 Å². The minimum absolute atomic E-state index is 0.0281. The van der Waals surface area contributed by atoms with Crippen LogP contribution >= 0.6 is 0 Å². The molecule has 114 valence electrons. The molecule has 1 aromatic heterocycles. The molecule has 0 amide bonds. The number of para-hydroxylation sites is 1. The Kier molecular flexibility index (Phi) is 4.30. The second kappa shape index (κ2) is 5.84. The smallest absolute Gasteiger partial charge is 0.265 e. The number of nitrogens with zero attached hydrogens (tertiary/aromatic N) is 1. The summed E-state index contributed by atoms with van der Waals surface area (Å²) in [6.07, 6.45) is 2.33. The minimum atomic E-state index is -3.90. The third-order valence-corrected chi connectivity index (χ3v) is 5.47. The Morgan fingerprint density at radius 3 is 2.48 bits per heavy atom. The van der Waals surface area contributed by atoms with Crippen LogP contribution in [-0.4, -0.2) is 33.6 Å². The first kappa shape index (κ1) is 15.5. The molecule has 2 rings (SSSR count). The van der Waals surface area contributed by atoms with Crippen molar-refractivity contribution in [1.82, 2.24) is 14.9 Å². The SMILES string of the molecule is CCNS(=O)(=O)c1ccccc1NS(=O)(=O)c1cn[nH]c1. The Labute approximate surface area is 122 Å². The summed E-state index contributed by atoms with van der Waals surface area (Å²) >= 11 is 0. The molecule has 21 heavy (non-hydrogen) atoms. The Balaban J connectivity index is 2.43. The standard InChI is InChI=1S/C11H14N4O4S2/c1-2-14-21(18,19)11-6-4-3-5-10(11)15-20(16,17)9-7-12-13-8-9/h3-8,14-15H,2H2,1H3,(H,12,13). The average Bonchev–Trinajstić information content (AvgIpc) is 2.93. The highest BCUT2D eigenvalue weighted by molar-refractivity contribution is 7.93. The van der Waals surface area contributed by atoms with Gasteiger partial charge in [-0.1, -0.05) is 19.1 Å². The molecule has 0 aliphatic heterocycles. The summed E-state index contributed by atoms with van der Waals surface area (Å²) in [6.45, 7) is 1.83. The van der Waals surface area contributed by atoms with Crippen LogP contribution in [0.2, 0.25) is 0 Å². The van der Waals surface area contributed by atoms with Crippen LogP contribution in [0.4, 0.5) is 5.69 Å². The van der Waals surface area contributed by atoms with E-state index < -0.39 is 20.0 Å². The van der Waals surface area contributed by atoms with Crippen molar-refractivity contribution in [3.05, 3.63) is 36.7 Å². The van der Waals surface area contributed by atoms with Crippen molar-refractivity contribution in [1.29, 1.82) is 0 Å². The predicted octanol–water partition coefficient (Wildman–Crippen LogP) is 0.509. The van der Waals surface area contributed by atoms with Gasteiger partial charge in [-0.15, -0.1) is 0 Å². The maximum Gasteiger partial charge on any atom is 0.265 e. The van der Waals surface area contributed by atoms with E-state index in [0.29, 0.717) is 0 Å². The second-order valence-electron chi connectivity index (χ2n) is 4.04. The summed E-state index contributed by atoms with van der Waals surface area (Å²) in [4.78, 5) is -0.225. The molecule has 0 atom stereocenters. The predicted molar refractivity (Wildman–Crippen MR) is 76.7 cm³/mol. The lowest BCUT2D eigenvalue weighted by atomic mass is 10.3. The zero-order chi connectivity index (χ0) is 15.5. The van der Waals surface area contributed by atoms with E-state index in [1.807, 2.05) is 0 Å². The van der Waals surface area contributed by atoms with Crippen LogP contribution in [0, 0.1) is 0 Å². The van der Waals surface area contributed by atoms with E-state index in [1.165, 1.54) is 30.5 Å². The van der Waals surface area contributed by atoms with Crippen molar-refractivity contribution in [3.8, 4) is 0 Å². The van der Waals surface area contributed by atoms with Crippen molar-refractivity contribution in [2.24, 2.45) is 0 Å². The summed E-state index contributed by atoms with van der Waals surface area (Å²) in [5, 5.41) is 5.94. The third kappa shape index (κ3) is 3.40. The number of aromatic nitrogens is 2.